The zero-order valence-corrected chi connectivity index (χ0v) is 12.9. The minimum absolute atomic E-state index is 0.324. The SMILES string of the molecule is C=CC(=O)OCCCCCCCCC(CBr)OC. The van der Waals surface area contributed by atoms with E-state index in [2.05, 4.69) is 22.5 Å². The number of rotatable bonds is 12. The summed E-state index contributed by atoms with van der Waals surface area (Å²) in [5.41, 5.74) is 0. The summed E-state index contributed by atoms with van der Waals surface area (Å²) in [7, 11) is 1.76. The number of hydrogen-bond donors (Lipinski definition) is 0. The van der Waals surface area contributed by atoms with Gasteiger partial charge in [0.25, 0.3) is 0 Å². The predicted octanol–water partition coefficient (Wildman–Crippen LogP) is 3.86. The molecule has 0 aromatic carbocycles. The van der Waals surface area contributed by atoms with Gasteiger partial charge in [-0.2, -0.15) is 0 Å². The minimum atomic E-state index is -0.324. The monoisotopic (exact) mass is 320 g/mol. The molecule has 0 heterocycles. The van der Waals surface area contributed by atoms with Crippen molar-refractivity contribution in [2.24, 2.45) is 0 Å². The number of carbonyl (C=O) groups excluding carboxylic acids is 1. The molecule has 1 atom stereocenters. The summed E-state index contributed by atoms with van der Waals surface area (Å²) in [5.74, 6) is -0.324. The van der Waals surface area contributed by atoms with Crippen LogP contribution in [0.2, 0.25) is 0 Å². The molecule has 0 fully saturated rings. The average Bonchev–Trinajstić information content (AvgIpc) is 2.40. The van der Waals surface area contributed by atoms with E-state index < -0.39 is 0 Å². The van der Waals surface area contributed by atoms with Crippen LogP contribution in [-0.2, 0) is 14.3 Å². The predicted molar refractivity (Wildman–Crippen MR) is 78.1 cm³/mol. The van der Waals surface area contributed by atoms with E-state index in [9.17, 15) is 4.79 Å². The van der Waals surface area contributed by atoms with E-state index in [1.54, 1.807) is 7.11 Å². The highest BCUT2D eigenvalue weighted by Gasteiger charge is 2.03. The Morgan fingerprint density at radius 1 is 1.22 bits per heavy atom. The van der Waals surface area contributed by atoms with E-state index in [-0.39, 0.29) is 5.97 Å². The van der Waals surface area contributed by atoms with Crippen molar-refractivity contribution in [2.45, 2.75) is 51.0 Å². The van der Waals surface area contributed by atoms with Gasteiger partial charge in [0.05, 0.1) is 12.7 Å². The van der Waals surface area contributed by atoms with Crippen LogP contribution in [0.4, 0.5) is 0 Å². The Labute approximate surface area is 119 Å². The topological polar surface area (TPSA) is 35.5 Å². The van der Waals surface area contributed by atoms with Crippen molar-refractivity contribution in [1.82, 2.24) is 0 Å². The van der Waals surface area contributed by atoms with Gasteiger partial charge < -0.3 is 9.47 Å². The molecule has 0 amide bonds. The second-order valence-corrected chi connectivity index (χ2v) is 4.94. The molecule has 0 aromatic rings. The van der Waals surface area contributed by atoms with Gasteiger partial charge in [0.15, 0.2) is 0 Å². The van der Waals surface area contributed by atoms with Gasteiger partial charge in [-0.15, -0.1) is 0 Å². The first-order valence-electron chi connectivity index (χ1n) is 6.62. The van der Waals surface area contributed by atoms with Crippen LogP contribution >= 0.6 is 15.9 Å². The van der Waals surface area contributed by atoms with E-state index in [0.29, 0.717) is 12.7 Å². The molecular formula is C14H25BrO3. The van der Waals surface area contributed by atoms with E-state index in [1.807, 2.05) is 0 Å². The van der Waals surface area contributed by atoms with Crippen LogP contribution in [-0.4, -0.2) is 31.1 Å². The highest BCUT2D eigenvalue weighted by molar-refractivity contribution is 9.09. The third-order valence-corrected chi connectivity index (χ3v) is 3.56. The number of hydrogen-bond acceptors (Lipinski definition) is 3. The van der Waals surface area contributed by atoms with Crippen molar-refractivity contribution < 1.29 is 14.3 Å². The number of carbonyl (C=O) groups is 1. The zero-order valence-electron chi connectivity index (χ0n) is 11.3. The lowest BCUT2D eigenvalue weighted by molar-refractivity contribution is -0.137. The van der Waals surface area contributed by atoms with Crippen LogP contribution in [0.5, 0.6) is 0 Å². The molecule has 18 heavy (non-hydrogen) atoms. The van der Waals surface area contributed by atoms with Crippen molar-refractivity contribution in [3.8, 4) is 0 Å². The maximum atomic E-state index is 10.8. The molecule has 0 aliphatic rings. The minimum Gasteiger partial charge on any atom is -0.463 e. The first-order chi connectivity index (χ1) is 8.74. The molecule has 0 aliphatic heterocycles. The molecule has 0 saturated carbocycles. The van der Waals surface area contributed by atoms with Crippen molar-refractivity contribution in [3.63, 3.8) is 0 Å². The summed E-state index contributed by atoms with van der Waals surface area (Å²) in [4.78, 5) is 10.8. The van der Waals surface area contributed by atoms with Crippen LogP contribution in [0.15, 0.2) is 12.7 Å². The van der Waals surface area contributed by atoms with Gasteiger partial charge in [0, 0.05) is 18.5 Å². The molecule has 0 rings (SSSR count). The molecule has 0 saturated heterocycles. The van der Waals surface area contributed by atoms with E-state index in [4.69, 9.17) is 9.47 Å². The van der Waals surface area contributed by atoms with Gasteiger partial charge >= 0.3 is 5.97 Å². The Morgan fingerprint density at radius 3 is 2.39 bits per heavy atom. The molecule has 4 heteroatoms. The molecule has 0 aliphatic carbocycles. The Morgan fingerprint density at radius 2 is 1.83 bits per heavy atom. The first-order valence-corrected chi connectivity index (χ1v) is 7.74. The fourth-order valence-electron chi connectivity index (χ4n) is 1.67. The van der Waals surface area contributed by atoms with Crippen LogP contribution < -0.4 is 0 Å². The van der Waals surface area contributed by atoms with Crippen molar-refractivity contribution in [1.29, 1.82) is 0 Å². The molecule has 0 radical (unpaired) electrons. The summed E-state index contributed by atoms with van der Waals surface area (Å²) < 4.78 is 10.2. The lowest BCUT2D eigenvalue weighted by atomic mass is 10.1. The maximum absolute atomic E-state index is 10.8. The van der Waals surface area contributed by atoms with Crippen LogP contribution in [0.25, 0.3) is 0 Å². The third-order valence-electron chi connectivity index (χ3n) is 2.84. The molecule has 3 nitrogen and oxygen atoms in total. The number of methoxy groups -OCH3 is 1. The van der Waals surface area contributed by atoms with Gasteiger partial charge in [-0.3, -0.25) is 0 Å². The molecule has 0 aromatic heterocycles. The second kappa shape index (κ2) is 13.1. The number of halogens is 1. The van der Waals surface area contributed by atoms with Gasteiger partial charge in [-0.1, -0.05) is 54.6 Å². The Kier molecular flexibility index (Phi) is 12.8. The average molecular weight is 321 g/mol. The molecule has 1 unspecified atom stereocenters. The summed E-state index contributed by atoms with van der Waals surface area (Å²) in [5, 5.41) is 0.915. The van der Waals surface area contributed by atoms with E-state index >= 15 is 0 Å². The van der Waals surface area contributed by atoms with Crippen molar-refractivity contribution in [2.75, 3.05) is 19.0 Å². The van der Waals surface area contributed by atoms with Crippen LogP contribution in [0.1, 0.15) is 44.9 Å². The van der Waals surface area contributed by atoms with E-state index in [0.717, 1.165) is 24.6 Å². The van der Waals surface area contributed by atoms with Gasteiger partial charge in [-0.05, 0) is 12.8 Å². The molecule has 0 spiro atoms. The summed E-state index contributed by atoms with van der Waals surface area (Å²) >= 11 is 3.43. The molecular weight excluding hydrogens is 296 g/mol. The molecule has 106 valence electrons. The Hall–Kier alpha value is -0.350. The summed E-state index contributed by atoms with van der Waals surface area (Å²) in [6.45, 7) is 3.86. The highest BCUT2D eigenvalue weighted by Crippen LogP contribution is 2.11. The van der Waals surface area contributed by atoms with Gasteiger partial charge in [0.2, 0.25) is 0 Å². The van der Waals surface area contributed by atoms with Crippen molar-refractivity contribution in [3.05, 3.63) is 12.7 Å². The Bertz CT molecular complexity index is 215. The van der Waals surface area contributed by atoms with E-state index in [1.165, 1.54) is 31.8 Å². The zero-order chi connectivity index (χ0) is 13.6. The normalized spacial score (nSPS) is 12.1. The maximum Gasteiger partial charge on any atom is 0.330 e. The largest absolute Gasteiger partial charge is 0.463 e. The van der Waals surface area contributed by atoms with Crippen molar-refractivity contribution >= 4 is 21.9 Å². The summed E-state index contributed by atoms with van der Waals surface area (Å²) in [6, 6.07) is 0. The lowest BCUT2D eigenvalue weighted by Gasteiger charge is -2.11. The standard InChI is InChI=1S/C14H25BrO3/c1-3-14(16)18-11-9-7-5-4-6-8-10-13(12-15)17-2/h3,13H,1,4-12H2,2H3. The Balaban J connectivity index is 3.16. The second-order valence-electron chi connectivity index (χ2n) is 4.29. The number of esters is 1. The highest BCUT2D eigenvalue weighted by atomic mass is 79.9. The first kappa shape index (κ1) is 17.6. The smallest absolute Gasteiger partial charge is 0.330 e. The molecule has 0 bridgehead atoms. The number of ether oxygens (including phenoxy) is 2. The van der Waals surface area contributed by atoms with Crippen LogP contribution in [0.3, 0.4) is 0 Å². The third kappa shape index (κ3) is 10.8. The number of alkyl halides is 1. The van der Waals surface area contributed by atoms with Crippen LogP contribution in [0, 0.1) is 0 Å². The van der Waals surface area contributed by atoms with Gasteiger partial charge in [0.1, 0.15) is 0 Å². The fourth-order valence-corrected chi connectivity index (χ4v) is 2.26. The number of unbranched alkanes of at least 4 members (excludes halogenated alkanes) is 5. The fraction of sp³-hybridized carbons (Fsp3) is 0.786. The quantitative estimate of drug-likeness (QED) is 0.237. The summed E-state index contributed by atoms with van der Waals surface area (Å²) in [6.07, 6.45) is 9.66. The van der Waals surface area contributed by atoms with Gasteiger partial charge in [-0.25, -0.2) is 4.79 Å². The lowest BCUT2D eigenvalue weighted by Crippen LogP contribution is -2.11. The molecule has 0 N–H and O–H groups in total.